The van der Waals surface area contributed by atoms with Crippen molar-refractivity contribution in [1.82, 2.24) is 10.6 Å². The van der Waals surface area contributed by atoms with Gasteiger partial charge < -0.3 is 10.6 Å². The Bertz CT molecular complexity index is 147. The third-order valence-corrected chi connectivity index (χ3v) is 2.13. The smallest absolute Gasteiger partial charge is 0.314 e. The second kappa shape index (κ2) is 3.60. The third kappa shape index (κ3) is 2.41. The Morgan fingerprint density at radius 1 is 1.64 bits per heavy atom. The predicted octanol–water partition coefficient (Wildman–Crippen LogP) is 1.10. The minimum absolute atomic E-state index is 0.0476. The molecule has 2 N–H and O–H groups in total. The summed E-state index contributed by atoms with van der Waals surface area (Å²) in [7, 11) is 1.65. The maximum Gasteiger partial charge on any atom is 0.314 e. The van der Waals surface area contributed by atoms with Crippen LogP contribution in [0.25, 0.3) is 0 Å². The Labute approximate surface area is 67.5 Å². The van der Waals surface area contributed by atoms with Gasteiger partial charge in [0.2, 0.25) is 0 Å². The molecule has 0 saturated heterocycles. The minimum atomic E-state index is -0.0476. The second-order valence-electron chi connectivity index (χ2n) is 3.11. The summed E-state index contributed by atoms with van der Waals surface area (Å²) in [5.74, 6) is 0.747. The first kappa shape index (κ1) is 8.37. The van der Waals surface area contributed by atoms with Gasteiger partial charge in [-0.1, -0.05) is 13.3 Å². The standard InChI is InChI=1S/C8H16N2O/c1-3-4-6-5-7(6)10-8(11)9-2/h6-7H,3-5H2,1-2H3,(H2,9,10,11)/t6-,7-/m1/s1. The number of rotatable bonds is 3. The van der Waals surface area contributed by atoms with Crippen molar-refractivity contribution in [1.29, 1.82) is 0 Å². The monoisotopic (exact) mass is 156 g/mol. The molecule has 0 aliphatic heterocycles. The molecule has 1 saturated carbocycles. The second-order valence-corrected chi connectivity index (χ2v) is 3.11. The highest BCUT2D eigenvalue weighted by molar-refractivity contribution is 5.74. The van der Waals surface area contributed by atoms with Crippen LogP contribution in [0.2, 0.25) is 0 Å². The van der Waals surface area contributed by atoms with Crippen LogP contribution < -0.4 is 10.6 Å². The fourth-order valence-corrected chi connectivity index (χ4v) is 1.35. The summed E-state index contributed by atoms with van der Waals surface area (Å²) in [4.78, 5) is 10.8. The average molecular weight is 156 g/mol. The van der Waals surface area contributed by atoms with Crippen molar-refractivity contribution in [3.8, 4) is 0 Å². The summed E-state index contributed by atoms with van der Waals surface area (Å²) < 4.78 is 0. The van der Waals surface area contributed by atoms with Gasteiger partial charge in [-0.2, -0.15) is 0 Å². The van der Waals surface area contributed by atoms with Crippen LogP contribution in [0.15, 0.2) is 0 Å². The number of amides is 2. The van der Waals surface area contributed by atoms with E-state index in [0.717, 1.165) is 5.92 Å². The van der Waals surface area contributed by atoms with Gasteiger partial charge in [-0.05, 0) is 18.8 Å². The Kier molecular flexibility index (Phi) is 2.74. The van der Waals surface area contributed by atoms with Crippen molar-refractivity contribution in [2.75, 3.05) is 7.05 Å². The van der Waals surface area contributed by atoms with E-state index in [9.17, 15) is 4.79 Å². The van der Waals surface area contributed by atoms with Gasteiger partial charge >= 0.3 is 6.03 Å². The molecule has 1 rings (SSSR count). The number of carbonyl (C=O) groups excluding carboxylic acids is 1. The predicted molar refractivity (Wildman–Crippen MR) is 44.4 cm³/mol. The summed E-state index contributed by atoms with van der Waals surface area (Å²) in [6.07, 6.45) is 3.63. The van der Waals surface area contributed by atoms with E-state index in [-0.39, 0.29) is 6.03 Å². The molecule has 2 atom stereocenters. The van der Waals surface area contributed by atoms with Crippen LogP contribution in [0.3, 0.4) is 0 Å². The molecule has 3 nitrogen and oxygen atoms in total. The largest absolute Gasteiger partial charge is 0.341 e. The first-order valence-corrected chi connectivity index (χ1v) is 4.26. The van der Waals surface area contributed by atoms with E-state index in [2.05, 4.69) is 17.6 Å². The molecule has 0 aromatic heterocycles. The summed E-state index contributed by atoms with van der Waals surface area (Å²) >= 11 is 0. The van der Waals surface area contributed by atoms with Crippen molar-refractivity contribution < 1.29 is 4.79 Å². The number of hydrogen-bond acceptors (Lipinski definition) is 1. The lowest BCUT2D eigenvalue weighted by Crippen LogP contribution is -2.34. The Hall–Kier alpha value is -0.730. The molecule has 0 heterocycles. The van der Waals surface area contributed by atoms with Crippen molar-refractivity contribution >= 4 is 6.03 Å². The SMILES string of the molecule is CCC[C@@H]1C[C@H]1NC(=O)NC. The number of hydrogen-bond donors (Lipinski definition) is 2. The number of nitrogens with one attached hydrogen (secondary N) is 2. The minimum Gasteiger partial charge on any atom is -0.341 e. The van der Waals surface area contributed by atoms with Crippen LogP contribution in [0.1, 0.15) is 26.2 Å². The highest BCUT2D eigenvalue weighted by atomic mass is 16.2. The van der Waals surface area contributed by atoms with E-state index in [4.69, 9.17) is 0 Å². The van der Waals surface area contributed by atoms with Gasteiger partial charge in [0, 0.05) is 13.1 Å². The molecule has 1 aliphatic rings. The van der Waals surface area contributed by atoms with Gasteiger partial charge in [-0.15, -0.1) is 0 Å². The topological polar surface area (TPSA) is 41.1 Å². The molecule has 3 heteroatoms. The lowest BCUT2D eigenvalue weighted by molar-refractivity contribution is 0.242. The molecule has 0 unspecified atom stereocenters. The number of urea groups is 1. The van der Waals surface area contributed by atoms with Gasteiger partial charge in [-0.25, -0.2) is 4.79 Å². The van der Waals surface area contributed by atoms with Crippen molar-refractivity contribution in [3.05, 3.63) is 0 Å². The van der Waals surface area contributed by atoms with Crippen LogP contribution >= 0.6 is 0 Å². The molecule has 1 aliphatic carbocycles. The Morgan fingerprint density at radius 3 is 2.91 bits per heavy atom. The maximum atomic E-state index is 10.8. The van der Waals surface area contributed by atoms with E-state index in [1.807, 2.05) is 0 Å². The first-order valence-electron chi connectivity index (χ1n) is 4.26. The summed E-state index contributed by atoms with van der Waals surface area (Å²) in [6.45, 7) is 2.18. The van der Waals surface area contributed by atoms with Gasteiger partial charge in [0.05, 0.1) is 0 Å². The summed E-state index contributed by atoms with van der Waals surface area (Å²) in [5, 5.41) is 5.44. The normalized spacial score (nSPS) is 27.8. The van der Waals surface area contributed by atoms with Crippen LogP contribution in [0, 0.1) is 5.92 Å². The van der Waals surface area contributed by atoms with E-state index in [0.29, 0.717) is 6.04 Å². The van der Waals surface area contributed by atoms with Crippen LogP contribution in [-0.2, 0) is 0 Å². The van der Waals surface area contributed by atoms with E-state index >= 15 is 0 Å². The molecular weight excluding hydrogens is 140 g/mol. The molecule has 0 bridgehead atoms. The molecule has 2 amide bonds. The molecule has 1 fully saturated rings. The average Bonchev–Trinajstić information content (AvgIpc) is 2.69. The van der Waals surface area contributed by atoms with Gasteiger partial charge in [0.1, 0.15) is 0 Å². The lowest BCUT2D eigenvalue weighted by atomic mass is 10.2. The van der Waals surface area contributed by atoms with E-state index < -0.39 is 0 Å². The zero-order valence-electron chi connectivity index (χ0n) is 7.18. The fourth-order valence-electron chi connectivity index (χ4n) is 1.35. The van der Waals surface area contributed by atoms with E-state index in [1.54, 1.807) is 7.05 Å². The Balaban J connectivity index is 2.08. The molecule has 11 heavy (non-hydrogen) atoms. The maximum absolute atomic E-state index is 10.8. The first-order chi connectivity index (χ1) is 5.27. The van der Waals surface area contributed by atoms with Crippen molar-refractivity contribution in [2.45, 2.75) is 32.2 Å². The highest BCUT2D eigenvalue weighted by Crippen LogP contribution is 2.34. The number of carbonyl (C=O) groups is 1. The third-order valence-electron chi connectivity index (χ3n) is 2.13. The molecule has 0 spiro atoms. The molecule has 0 aromatic rings. The quantitative estimate of drug-likeness (QED) is 0.631. The molecular formula is C8H16N2O. The Morgan fingerprint density at radius 2 is 2.36 bits per heavy atom. The van der Waals surface area contributed by atoms with Crippen molar-refractivity contribution in [3.63, 3.8) is 0 Å². The summed E-state index contributed by atoms with van der Waals surface area (Å²) in [6, 6.07) is 0.406. The van der Waals surface area contributed by atoms with Crippen molar-refractivity contribution in [2.24, 2.45) is 5.92 Å². The zero-order valence-corrected chi connectivity index (χ0v) is 7.18. The molecule has 64 valence electrons. The lowest BCUT2D eigenvalue weighted by Gasteiger charge is -2.01. The van der Waals surface area contributed by atoms with E-state index in [1.165, 1.54) is 19.3 Å². The highest BCUT2D eigenvalue weighted by Gasteiger charge is 2.36. The van der Waals surface area contributed by atoms with Crippen LogP contribution in [0.4, 0.5) is 4.79 Å². The van der Waals surface area contributed by atoms with Crippen LogP contribution in [-0.4, -0.2) is 19.1 Å². The fraction of sp³-hybridized carbons (Fsp3) is 0.875. The zero-order chi connectivity index (χ0) is 8.27. The van der Waals surface area contributed by atoms with Gasteiger partial charge in [-0.3, -0.25) is 0 Å². The van der Waals surface area contributed by atoms with Crippen LogP contribution in [0.5, 0.6) is 0 Å². The molecule has 0 radical (unpaired) electrons. The molecule has 0 aromatic carbocycles. The van der Waals surface area contributed by atoms with Gasteiger partial charge in [0.15, 0.2) is 0 Å². The summed E-state index contributed by atoms with van der Waals surface area (Å²) in [5.41, 5.74) is 0. The van der Waals surface area contributed by atoms with Gasteiger partial charge in [0.25, 0.3) is 0 Å².